The van der Waals surface area contributed by atoms with Crippen LogP contribution < -0.4 is 0 Å². The highest BCUT2D eigenvalue weighted by atomic mass is 35.5. The summed E-state index contributed by atoms with van der Waals surface area (Å²) in [4.78, 5) is 0. The van der Waals surface area contributed by atoms with E-state index in [2.05, 4.69) is 0 Å². The van der Waals surface area contributed by atoms with Gasteiger partial charge in [-0.05, 0) is 36.2 Å². The monoisotopic (exact) mass is 294 g/mol. The van der Waals surface area contributed by atoms with Crippen LogP contribution in [-0.4, -0.2) is 5.88 Å². The van der Waals surface area contributed by atoms with Crippen LogP contribution in [0.4, 0.5) is 8.78 Å². The Labute approximate surface area is 121 Å². The minimum absolute atomic E-state index is 0.0758. The van der Waals surface area contributed by atoms with E-state index in [0.29, 0.717) is 0 Å². The smallest absolute Gasteiger partial charge is 0.141 e. The first-order chi connectivity index (χ1) is 9.58. The maximum Gasteiger partial charge on any atom is 0.141 e. The Morgan fingerprint density at radius 3 is 2.65 bits per heavy atom. The molecule has 2 atom stereocenters. The van der Waals surface area contributed by atoms with Crippen molar-refractivity contribution in [1.29, 1.82) is 0 Å². The summed E-state index contributed by atoms with van der Waals surface area (Å²) in [5.74, 6) is -0.917. The topological polar surface area (TPSA) is 12.5 Å². The molecule has 0 spiro atoms. The number of rotatable bonds is 3. The van der Waals surface area contributed by atoms with Crippen LogP contribution in [0.25, 0.3) is 0 Å². The number of aryl methyl sites for hydroxylation is 1. The lowest BCUT2D eigenvalue weighted by Gasteiger charge is -2.12. The van der Waals surface area contributed by atoms with Gasteiger partial charge in [0.05, 0.1) is 5.88 Å². The molecular formula is C16H13ClF2O. The molecule has 4 heteroatoms. The lowest BCUT2D eigenvalue weighted by Crippen LogP contribution is -2.15. The van der Waals surface area contributed by atoms with Gasteiger partial charge in [0.2, 0.25) is 0 Å². The maximum absolute atomic E-state index is 14.0. The van der Waals surface area contributed by atoms with Crippen LogP contribution >= 0.6 is 11.6 Å². The third-order valence-electron chi connectivity index (χ3n) is 3.75. The molecule has 2 aromatic rings. The van der Waals surface area contributed by atoms with E-state index in [1.54, 1.807) is 0 Å². The first kappa shape index (κ1) is 13.5. The highest BCUT2D eigenvalue weighted by Gasteiger charge is 2.59. The van der Waals surface area contributed by atoms with E-state index in [9.17, 15) is 8.78 Å². The minimum Gasteiger partial charge on any atom is -0.354 e. The van der Waals surface area contributed by atoms with Crippen molar-refractivity contribution in [2.45, 2.75) is 18.6 Å². The van der Waals surface area contributed by atoms with Crippen molar-refractivity contribution in [3.05, 3.63) is 70.8 Å². The SMILES string of the molecule is Cc1ccccc1C1OC1(CCl)c1cc(F)ccc1F. The number of epoxide rings is 1. The number of halogens is 3. The standard InChI is InChI=1S/C16H13ClF2O/c1-10-4-2-3-5-12(10)15-16(9-17,20-15)13-8-11(18)6-7-14(13)19/h2-8,15H,9H2,1H3. The van der Waals surface area contributed by atoms with Gasteiger partial charge < -0.3 is 4.74 Å². The Morgan fingerprint density at radius 1 is 1.20 bits per heavy atom. The number of hydrogen-bond acceptors (Lipinski definition) is 1. The predicted octanol–water partition coefficient (Wildman–Crippen LogP) is 4.48. The van der Waals surface area contributed by atoms with Crippen molar-refractivity contribution in [1.82, 2.24) is 0 Å². The Bertz CT molecular complexity index is 659. The second-order valence-electron chi connectivity index (χ2n) is 5.00. The fourth-order valence-corrected chi connectivity index (χ4v) is 2.92. The van der Waals surface area contributed by atoms with E-state index >= 15 is 0 Å². The average Bonchev–Trinajstić information content (AvgIpc) is 3.18. The van der Waals surface area contributed by atoms with Gasteiger partial charge in [-0.2, -0.15) is 0 Å². The molecule has 1 saturated heterocycles. The molecule has 104 valence electrons. The molecule has 20 heavy (non-hydrogen) atoms. The van der Waals surface area contributed by atoms with Gasteiger partial charge in [-0.15, -0.1) is 11.6 Å². The molecule has 0 radical (unpaired) electrons. The van der Waals surface area contributed by atoms with Gasteiger partial charge in [0, 0.05) is 5.56 Å². The van der Waals surface area contributed by atoms with Gasteiger partial charge in [0.1, 0.15) is 23.3 Å². The Kier molecular flexibility index (Phi) is 3.27. The zero-order valence-corrected chi connectivity index (χ0v) is 11.6. The highest BCUT2D eigenvalue weighted by molar-refractivity contribution is 6.18. The molecule has 1 nitrogen and oxygen atoms in total. The molecule has 0 aromatic heterocycles. The largest absolute Gasteiger partial charge is 0.354 e. The van der Waals surface area contributed by atoms with Crippen LogP contribution in [0.5, 0.6) is 0 Å². The number of ether oxygens (including phenoxy) is 1. The van der Waals surface area contributed by atoms with Crippen molar-refractivity contribution in [2.24, 2.45) is 0 Å². The Morgan fingerprint density at radius 2 is 1.95 bits per heavy atom. The fourth-order valence-electron chi connectivity index (χ4n) is 2.57. The van der Waals surface area contributed by atoms with Gasteiger partial charge in [-0.3, -0.25) is 0 Å². The van der Waals surface area contributed by atoms with Gasteiger partial charge in [-0.1, -0.05) is 24.3 Å². The first-order valence-corrected chi connectivity index (χ1v) is 6.87. The zero-order valence-electron chi connectivity index (χ0n) is 10.9. The second-order valence-corrected chi connectivity index (χ2v) is 5.27. The van der Waals surface area contributed by atoms with Gasteiger partial charge in [0.25, 0.3) is 0 Å². The summed E-state index contributed by atoms with van der Waals surface area (Å²) in [7, 11) is 0. The zero-order chi connectivity index (χ0) is 14.3. The summed E-state index contributed by atoms with van der Waals surface area (Å²) < 4.78 is 33.1. The van der Waals surface area contributed by atoms with E-state index in [1.165, 1.54) is 0 Å². The third-order valence-corrected chi connectivity index (χ3v) is 4.15. The molecule has 0 bridgehead atoms. The molecule has 0 aliphatic carbocycles. The van der Waals surface area contributed by atoms with Crippen LogP contribution in [0.3, 0.4) is 0 Å². The van der Waals surface area contributed by atoms with Crippen LogP contribution in [0.1, 0.15) is 22.8 Å². The predicted molar refractivity (Wildman–Crippen MR) is 73.8 cm³/mol. The number of hydrogen-bond donors (Lipinski definition) is 0. The van der Waals surface area contributed by atoms with E-state index in [-0.39, 0.29) is 17.5 Å². The van der Waals surface area contributed by atoms with Crippen molar-refractivity contribution in [2.75, 3.05) is 5.88 Å². The molecule has 1 aliphatic heterocycles. The molecule has 2 unspecified atom stereocenters. The molecular weight excluding hydrogens is 282 g/mol. The summed E-state index contributed by atoms with van der Waals surface area (Å²) in [6.07, 6.45) is -0.336. The fraction of sp³-hybridized carbons (Fsp3) is 0.250. The summed E-state index contributed by atoms with van der Waals surface area (Å²) >= 11 is 6.00. The number of benzene rings is 2. The molecule has 0 N–H and O–H groups in total. The lowest BCUT2D eigenvalue weighted by atomic mass is 9.91. The van der Waals surface area contributed by atoms with E-state index in [4.69, 9.17) is 16.3 Å². The van der Waals surface area contributed by atoms with Crippen LogP contribution in [0.2, 0.25) is 0 Å². The van der Waals surface area contributed by atoms with Crippen molar-refractivity contribution in [3.63, 3.8) is 0 Å². The first-order valence-electron chi connectivity index (χ1n) is 6.33. The van der Waals surface area contributed by atoms with E-state index in [1.807, 2.05) is 31.2 Å². The molecule has 0 saturated carbocycles. The Balaban J connectivity index is 2.04. The quantitative estimate of drug-likeness (QED) is 0.601. The molecule has 1 heterocycles. The molecule has 3 rings (SSSR count). The second kappa shape index (κ2) is 4.83. The van der Waals surface area contributed by atoms with Crippen molar-refractivity contribution >= 4 is 11.6 Å². The van der Waals surface area contributed by atoms with Crippen LogP contribution in [0.15, 0.2) is 42.5 Å². The highest BCUT2D eigenvalue weighted by Crippen LogP contribution is 2.58. The average molecular weight is 295 g/mol. The summed E-state index contributed by atoms with van der Waals surface area (Å²) in [6.45, 7) is 1.96. The van der Waals surface area contributed by atoms with Crippen LogP contribution in [0, 0.1) is 18.6 Å². The van der Waals surface area contributed by atoms with Crippen molar-refractivity contribution in [3.8, 4) is 0 Å². The van der Waals surface area contributed by atoms with Gasteiger partial charge in [0.15, 0.2) is 0 Å². The minimum atomic E-state index is -0.972. The Hall–Kier alpha value is -1.45. The third kappa shape index (κ3) is 2.02. The molecule has 0 amide bonds. The van der Waals surface area contributed by atoms with E-state index in [0.717, 1.165) is 29.3 Å². The van der Waals surface area contributed by atoms with Crippen molar-refractivity contribution < 1.29 is 13.5 Å². The normalized spacial score (nSPS) is 24.7. The summed E-state index contributed by atoms with van der Waals surface area (Å²) in [5, 5.41) is 0. The van der Waals surface area contributed by atoms with Gasteiger partial charge >= 0.3 is 0 Å². The van der Waals surface area contributed by atoms with E-state index < -0.39 is 17.2 Å². The van der Waals surface area contributed by atoms with Gasteiger partial charge in [-0.25, -0.2) is 8.78 Å². The lowest BCUT2D eigenvalue weighted by molar-refractivity contribution is 0.309. The molecule has 1 aliphatic rings. The number of alkyl halides is 1. The summed E-state index contributed by atoms with van der Waals surface area (Å²) in [5.41, 5.74) is 1.21. The maximum atomic E-state index is 14.0. The molecule has 2 aromatic carbocycles. The van der Waals surface area contributed by atoms with Crippen LogP contribution in [-0.2, 0) is 10.3 Å². The summed E-state index contributed by atoms with van der Waals surface area (Å²) in [6, 6.07) is 11.1. The molecule has 1 fully saturated rings.